The molecule has 2 nitrogen and oxygen atoms in total. The molecule has 0 radical (unpaired) electrons. The molecule has 0 bridgehead atoms. The highest BCUT2D eigenvalue weighted by atomic mass is 35.5. The predicted octanol–water partition coefficient (Wildman–Crippen LogP) is 8.04. The lowest BCUT2D eigenvalue weighted by Crippen LogP contribution is -1.77. The summed E-state index contributed by atoms with van der Waals surface area (Å²) >= 11 is 15.1. The van der Waals surface area contributed by atoms with Gasteiger partial charge in [0.1, 0.15) is 0 Å². The molecule has 0 aliphatic heterocycles. The Kier molecular flexibility index (Phi) is 5.88. The molecule has 0 saturated carbocycles. The third-order valence-corrected chi connectivity index (χ3v) is 8.66. The Hall–Kier alpha value is -1.02. The zero-order valence-corrected chi connectivity index (χ0v) is 17.8. The minimum Gasteiger partial charge on any atom is -0.229 e. The van der Waals surface area contributed by atoms with Gasteiger partial charge in [-0.1, -0.05) is 47.5 Å². The van der Waals surface area contributed by atoms with Crippen molar-refractivity contribution in [3.8, 4) is 22.5 Å². The number of benzene rings is 2. The molecule has 26 heavy (non-hydrogen) atoms. The van der Waals surface area contributed by atoms with Crippen LogP contribution in [0.2, 0.25) is 10.0 Å². The number of thiazole rings is 2. The molecule has 0 fully saturated rings. The summed E-state index contributed by atoms with van der Waals surface area (Å²) in [5.74, 6) is 0. The van der Waals surface area contributed by atoms with Gasteiger partial charge in [0.25, 0.3) is 0 Å². The second kappa shape index (κ2) is 8.33. The Morgan fingerprint density at radius 3 is 1.38 bits per heavy atom. The third-order valence-electron chi connectivity index (χ3n) is 3.43. The minimum atomic E-state index is 0.731. The summed E-state index contributed by atoms with van der Waals surface area (Å²) in [6.45, 7) is 0. The van der Waals surface area contributed by atoms with Crippen LogP contribution in [0.25, 0.3) is 22.5 Å². The van der Waals surface area contributed by atoms with Gasteiger partial charge in [0.15, 0.2) is 8.68 Å². The molecule has 2 aromatic carbocycles. The van der Waals surface area contributed by atoms with Gasteiger partial charge < -0.3 is 0 Å². The molecule has 0 aliphatic rings. The minimum absolute atomic E-state index is 0.731. The van der Waals surface area contributed by atoms with Crippen molar-refractivity contribution in [1.29, 1.82) is 0 Å². The van der Waals surface area contributed by atoms with Crippen LogP contribution >= 0.6 is 67.5 Å². The van der Waals surface area contributed by atoms with Gasteiger partial charge in [-0.15, -0.1) is 22.7 Å². The van der Waals surface area contributed by atoms with Crippen LogP contribution in [0.15, 0.2) is 68.0 Å². The molecule has 0 amide bonds. The molecule has 2 aromatic heterocycles. The Morgan fingerprint density at radius 1 is 0.615 bits per heavy atom. The van der Waals surface area contributed by atoms with Gasteiger partial charge >= 0.3 is 0 Å². The number of rotatable bonds is 5. The molecule has 8 heteroatoms. The number of nitrogens with zero attached hydrogens (tertiary/aromatic N) is 2. The smallest absolute Gasteiger partial charge is 0.161 e. The Bertz CT molecular complexity index is 927. The zero-order chi connectivity index (χ0) is 17.9. The first kappa shape index (κ1) is 18.3. The van der Waals surface area contributed by atoms with Crippen molar-refractivity contribution in [1.82, 2.24) is 9.97 Å². The molecule has 2 heterocycles. The first-order chi connectivity index (χ1) is 12.7. The molecular weight excluding hydrogens is 443 g/mol. The Morgan fingerprint density at radius 2 is 1.00 bits per heavy atom. The van der Waals surface area contributed by atoms with E-state index >= 15 is 0 Å². The molecule has 0 unspecified atom stereocenters. The van der Waals surface area contributed by atoms with Crippen LogP contribution < -0.4 is 0 Å². The summed E-state index contributed by atoms with van der Waals surface area (Å²) in [4.78, 5) is 9.36. The summed E-state index contributed by atoms with van der Waals surface area (Å²) in [5.41, 5.74) is 4.08. The van der Waals surface area contributed by atoms with Gasteiger partial charge in [-0.25, -0.2) is 9.97 Å². The van der Waals surface area contributed by atoms with E-state index in [1.54, 1.807) is 44.3 Å². The second-order valence-corrected chi connectivity index (χ2v) is 10.4. The van der Waals surface area contributed by atoms with Gasteiger partial charge in [-0.2, -0.15) is 0 Å². The molecule has 0 saturated heterocycles. The first-order valence-corrected chi connectivity index (χ1v) is 12.1. The van der Waals surface area contributed by atoms with Crippen LogP contribution in [0.3, 0.4) is 0 Å². The van der Waals surface area contributed by atoms with E-state index in [2.05, 4.69) is 20.7 Å². The molecule has 130 valence electrons. The van der Waals surface area contributed by atoms with Gasteiger partial charge in [-0.3, -0.25) is 0 Å². The van der Waals surface area contributed by atoms with Crippen molar-refractivity contribution in [3.05, 3.63) is 69.3 Å². The number of halogens is 2. The Balaban J connectivity index is 1.42. The van der Waals surface area contributed by atoms with E-state index in [0.717, 1.165) is 41.2 Å². The van der Waals surface area contributed by atoms with Crippen molar-refractivity contribution in [2.24, 2.45) is 0 Å². The fraction of sp³-hybridized carbons (Fsp3) is 0. The van der Waals surface area contributed by atoms with E-state index in [9.17, 15) is 0 Å². The summed E-state index contributed by atoms with van der Waals surface area (Å²) in [5, 5.41) is 5.59. The van der Waals surface area contributed by atoms with E-state index in [1.807, 2.05) is 48.5 Å². The highest BCUT2D eigenvalue weighted by Gasteiger charge is 2.09. The molecule has 0 N–H and O–H groups in total. The zero-order valence-electron chi connectivity index (χ0n) is 13.1. The topological polar surface area (TPSA) is 25.8 Å². The van der Waals surface area contributed by atoms with Crippen LogP contribution in [-0.2, 0) is 0 Å². The first-order valence-electron chi connectivity index (χ1n) is 7.45. The summed E-state index contributed by atoms with van der Waals surface area (Å²) in [6.07, 6.45) is 0. The second-order valence-electron chi connectivity index (χ2n) is 5.18. The van der Waals surface area contributed by atoms with Gasteiger partial charge in [0.2, 0.25) is 0 Å². The summed E-state index contributed by atoms with van der Waals surface area (Å²) in [7, 11) is 3.26. The molecular formula is C18H10Cl2N2S4. The molecule has 4 aromatic rings. The summed E-state index contributed by atoms with van der Waals surface area (Å²) in [6, 6.07) is 15.5. The largest absolute Gasteiger partial charge is 0.229 e. The van der Waals surface area contributed by atoms with E-state index in [0.29, 0.717) is 0 Å². The average Bonchev–Trinajstić information content (AvgIpc) is 3.31. The summed E-state index contributed by atoms with van der Waals surface area (Å²) < 4.78 is 2.01. The number of hydrogen-bond donors (Lipinski definition) is 0. The highest BCUT2D eigenvalue weighted by molar-refractivity contribution is 8.77. The van der Waals surface area contributed by atoms with Crippen LogP contribution in [0, 0.1) is 0 Å². The molecule has 0 atom stereocenters. The number of hydrogen-bond acceptors (Lipinski definition) is 6. The maximum atomic E-state index is 5.94. The maximum absolute atomic E-state index is 5.94. The standard InChI is InChI=1S/C18H10Cl2N2S4/c19-13-5-1-11(2-6-13)15-9-23-17(21-15)25-26-18-22-16(10-24-18)12-3-7-14(20)8-4-12/h1-10H. The van der Waals surface area contributed by atoms with Crippen molar-refractivity contribution >= 4 is 67.5 Å². The van der Waals surface area contributed by atoms with Crippen molar-refractivity contribution in [2.75, 3.05) is 0 Å². The van der Waals surface area contributed by atoms with Gasteiger partial charge in [0, 0.05) is 31.9 Å². The van der Waals surface area contributed by atoms with E-state index in [4.69, 9.17) is 23.2 Å². The lowest BCUT2D eigenvalue weighted by atomic mass is 10.2. The fourth-order valence-corrected chi connectivity index (χ4v) is 6.51. The fourth-order valence-electron chi connectivity index (χ4n) is 2.17. The normalized spacial score (nSPS) is 11.0. The predicted molar refractivity (Wildman–Crippen MR) is 117 cm³/mol. The quantitative estimate of drug-likeness (QED) is 0.286. The lowest BCUT2D eigenvalue weighted by Gasteiger charge is -1.97. The van der Waals surface area contributed by atoms with Crippen LogP contribution in [-0.4, -0.2) is 9.97 Å². The Labute approximate surface area is 177 Å². The van der Waals surface area contributed by atoms with E-state index < -0.39 is 0 Å². The van der Waals surface area contributed by atoms with E-state index in [1.165, 1.54) is 0 Å². The van der Waals surface area contributed by atoms with Gasteiger partial charge in [0.05, 0.1) is 11.4 Å². The monoisotopic (exact) mass is 452 g/mol. The number of aromatic nitrogens is 2. The molecule has 4 rings (SSSR count). The van der Waals surface area contributed by atoms with Crippen molar-refractivity contribution in [3.63, 3.8) is 0 Å². The van der Waals surface area contributed by atoms with Crippen LogP contribution in [0.1, 0.15) is 0 Å². The third kappa shape index (κ3) is 4.44. The van der Waals surface area contributed by atoms with Gasteiger partial charge in [-0.05, 0) is 45.9 Å². The van der Waals surface area contributed by atoms with E-state index in [-0.39, 0.29) is 0 Å². The SMILES string of the molecule is Clc1ccc(-c2csc(SSc3nc(-c4ccc(Cl)cc4)cs3)n2)cc1. The molecule has 0 aliphatic carbocycles. The molecule has 0 spiro atoms. The maximum Gasteiger partial charge on any atom is 0.161 e. The average molecular weight is 453 g/mol. The lowest BCUT2D eigenvalue weighted by molar-refractivity contribution is 1.25. The van der Waals surface area contributed by atoms with Crippen molar-refractivity contribution in [2.45, 2.75) is 8.68 Å². The van der Waals surface area contributed by atoms with Crippen LogP contribution in [0.5, 0.6) is 0 Å². The highest BCUT2D eigenvalue weighted by Crippen LogP contribution is 2.42. The van der Waals surface area contributed by atoms with Crippen LogP contribution in [0.4, 0.5) is 0 Å². The van der Waals surface area contributed by atoms with Crippen molar-refractivity contribution < 1.29 is 0 Å².